The minimum atomic E-state index is -0.501. The van der Waals surface area contributed by atoms with Gasteiger partial charge in [-0.25, -0.2) is 4.79 Å². The highest BCUT2D eigenvalue weighted by atomic mass is 16.5. The number of furan rings is 1. The Morgan fingerprint density at radius 3 is 2.55 bits per heavy atom. The molecule has 170 valence electrons. The van der Waals surface area contributed by atoms with Gasteiger partial charge in [-0.2, -0.15) is 0 Å². The lowest BCUT2D eigenvalue weighted by molar-refractivity contribution is -0.115. The molecule has 7 nitrogen and oxygen atoms in total. The molecule has 4 aromatic rings. The van der Waals surface area contributed by atoms with Gasteiger partial charge in [0.1, 0.15) is 11.2 Å². The van der Waals surface area contributed by atoms with Crippen LogP contribution >= 0.6 is 0 Å². The minimum absolute atomic E-state index is 0.0535. The van der Waals surface area contributed by atoms with Crippen LogP contribution in [0.15, 0.2) is 56.3 Å². The summed E-state index contributed by atoms with van der Waals surface area (Å²) in [6, 6.07) is 11.5. The lowest BCUT2D eigenvalue weighted by Crippen LogP contribution is -2.35. The van der Waals surface area contributed by atoms with E-state index < -0.39 is 5.63 Å². The monoisotopic (exact) mass is 446 g/mol. The molecular weight excluding hydrogens is 420 g/mol. The quantitative estimate of drug-likeness (QED) is 0.463. The number of hydrogen-bond donors (Lipinski definition) is 1. The second kappa shape index (κ2) is 8.84. The van der Waals surface area contributed by atoms with Crippen molar-refractivity contribution in [1.82, 2.24) is 4.90 Å². The van der Waals surface area contributed by atoms with Crippen LogP contribution in [0.1, 0.15) is 22.3 Å². The largest absolute Gasteiger partial charge is 0.464 e. The first kappa shape index (κ1) is 21.4. The summed E-state index contributed by atoms with van der Waals surface area (Å²) in [7, 11) is 0. The molecule has 2 aromatic carbocycles. The third-order valence-electron chi connectivity index (χ3n) is 6.26. The van der Waals surface area contributed by atoms with E-state index in [1.54, 1.807) is 12.3 Å². The zero-order valence-corrected chi connectivity index (χ0v) is 18.8. The summed E-state index contributed by atoms with van der Waals surface area (Å²) in [5.41, 5.74) is 4.63. The number of morpholine rings is 1. The maximum Gasteiger partial charge on any atom is 0.340 e. The maximum atomic E-state index is 12.7. The molecule has 1 N–H and O–H groups in total. The van der Waals surface area contributed by atoms with Crippen molar-refractivity contribution in [3.05, 3.63) is 75.3 Å². The molecule has 1 fully saturated rings. The highest BCUT2D eigenvalue weighted by molar-refractivity contribution is 5.97. The fraction of sp³-hybridized carbons (Fsp3) is 0.308. The number of carbonyl (C=O) groups is 1. The van der Waals surface area contributed by atoms with Gasteiger partial charge in [0.15, 0.2) is 0 Å². The van der Waals surface area contributed by atoms with Gasteiger partial charge in [0.2, 0.25) is 5.91 Å². The molecule has 1 aliphatic heterocycles. The van der Waals surface area contributed by atoms with Gasteiger partial charge in [-0.15, -0.1) is 0 Å². The van der Waals surface area contributed by atoms with Crippen LogP contribution in [-0.2, 0) is 22.5 Å². The smallest absolute Gasteiger partial charge is 0.340 e. The SMILES string of the molecule is Cc1coc2cc3oc(=O)c(CC(=O)Nc4ccc(CN5CCOCC5)cc4)c(C)c3cc12. The summed E-state index contributed by atoms with van der Waals surface area (Å²) in [4.78, 5) is 27.7. The van der Waals surface area contributed by atoms with Gasteiger partial charge in [0.05, 0.1) is 31.5 Å². The van der Waals surface area contributed by atoms with Crippen LogP contribution in [-0.4, -0.2) is 37.1 Å². The first-order valence-corrected chi connectivity index (χ1v) is 11.1. The van der Waals surface area contributed by atoms with Crippen molar-refractivity contribution in [3.8, 4) is 0 Å². The molecule has 5 rings (SSSR count). The number of anilines is 1. The topological polar surface area (TPSA) is 84.9 Å². The third kappa shape index (κ3) is 4.42. The minimum Gasteiger partial charge on any atom is -0.464 e. The Bertz CT molecular complexity index is 1380. The predicted molar refractivity (Wildman–Crippen MR) is 127 cm³/mol. The van der Waals surface area contributed by atoms with E-state index in [-0.39, 0.29) is 12.3 Å². The zero-order chi connectivity index (χ0) is 22.9. The van der Waals surface area contributed by atoms with E-state index in [1.807, 2.05) is 44.2 Å². The van der Waals surface area contributed by atoms with Gasteiger partial charge < -0.3 is 18.9 Å². The maximum absolute atomic E-state index is 12.7. The summed E-state index contributed by atoms with van der Waals surface area (Å²) in [6.07, 6.45) is 1.62. The molecule has 0 spiro atoms. The number of carbonyl (C=O) groups excluding carboxylic acids is 1. The van der Waals surface area contributed by atoms with Gasteiger partial charge >= 0.3 is 5.63 Å². The number of nitrogens with one attached hydrogen (secondary N) is 1. The number of aryl methyl sites for hydroxylation is 2. The Hall–Kier alpha value is -3.42. The van der Waals surface area contributed by atoms with Crippen LogP contribution in [0, 0.1) is 13.8 Å². The Morgan fingerprint density at radius 1 is 1.03 bits per heavy atom. The third-order valence-corrected chi connectivity index (χ3v) is 6.26. The molecule has 0 radical (unpaired) electrons. The Morgan fingerprint density at radius 2 is 1.79 bits per heavy atom. The number of hydrogen-bond acceptors (Lipinski definition) is 6. The van der Waals surface area contributed by atoms with E-state index >= 15 is 0 Å². The zero-order valence-electron chi connectivity index (χ0n) is 18.8. The average Bonchev–Trinajstić information content (AvgIpc) is 3.17. The Balaban J connectivity index is 1.31. The van der Waals surface area contributed by atoms with Gasteiger partial charge in [-0.1, -0.05) is 12.1 Å². The van der Waals surface area contributed by atoms with Crippen LogP contribution in [0.4, 0.5) is 5.69 Å². The van der Waals surface area contributed by atoms with E-state index in [1.165, 1.54) is 5.56 Å². The van der Waals surface area contributed by atoms with Crippen LogP contribution < -0.4 is 10.9 Å². The summed E-state index contributed by atoms with van der Waals surface area (Å²) in [5.74, 6) is -0.258. The molecule has 33 heavy (non-hydrogen) atoms. The van der Waals surface area contributed by atoms with Crippen LogP contribution in [0.5, 0.6) is 0 Å². The van der Waals surface area contributed by atoms with E-state index in [0.29, 0.717) is 22.4 Å². The van der Waals surface area contributed by atoms with Crippen LogP contribution in [0.2, 0.25) is 0 Å². The highest BCUT2D eigenvalue weighted by Gasteiger charge is 2.17. The average molecular weight is 447 g/mol. The molecule has 2 aromatic heterocycles. The first-order chi connectivity index (χ1) is 16.0. The first-order valence-electron chi connectivity index (χ1n) is 11.1. The van der Waals surface area contributed by atoms with Gasteiger partial charge in [-0.3, -0.25) is 9.69 Å². The van der Waals surface area contributed by atoms with Gasteiger partial charge in [0, 0.05) is 42.2 Å². The normalized spacial score (nSPS) is 14.7. The van der Waals surface area contributed by atoms with E-state index in [0.717, 1.165) is 54.7 Å². The number of fused-ring (bicyclic) bond motifs is 2. The molecule has 0 aliphatic carbocycles. The Labute approximate surface area is 190 Å². The molecule has 7 heteroatoms. The van der Waals surface area contributed by atoms with Gasteiger partial charge in [-0.05, 0) is 48.7 Å². The predicted octanol–water partition coefficient (Wildman–Crippen LogP) is 4.17. The molecule has 1 saturated heterocycles. The fourth-order valence-corrected chi connectivity index (χ4v) is 4.32. The summed E-state index contributed by atoms with van der Waals surface area (Å²) in [5, 5.41) is 4.66. The van der Waals surface area contributed by atoms with Crippen LogP contribution in [0.3, 0.4) is 0 Å². The fourth-order valence-electron chi connectivity index (χ4n) is 4.32. The van der Waals surface area contributed by atoms with Crippen molar-refractivity contribution in [2.75, 3.05) is 31.6 Å². The van der Waals surface area contributed by atoms with E-state index in [4.69, 9.17) is 13.6 Å². The number of nitrogens with zero attached hydrogens (tertiary/aromatic N) is 1. The molecule has 0 saturated carbocycles. The number of amides is 1. The number of benzene rings is 2. The molecule has 0 unspecified atom stereocenters. The van der Waals surface area contributed by atoms with Crippen molar-refractivity contribution >= 4 is 33.5 Å². The molecule has 1 aliphatic rings. The molecule has 3 heterocycles. The molecule has 0 bridgehead atoms. The second-order valence-corrected chi connectivity index (χ2v) is 8.57. The molecular formula is C26H26N2O5. The van der Waals surface area contributed by atoms with E-state index in [2.05, 4.69) is 10.2 Å². The standard InChI is InChI=1S/C26H26N2O5/c1-16-15-32-23-13-24-21(11-20(16)23)17(2)22(26(30)33-24)12-25(29)27-19-5-3-18(4-6-19)14-28-7-9-31-10-8-28/h3-6,11,13,15H,7-10,12,14H2,1-2H3,(H,27,29). The number of ether oxygens (including phenoxy) is 1. The van der Waals surface area contributed by atoms with Crippen molar-refractivity contribution in [2.24, 2.45) is 0 Å². The van der Waals surface area contributed by atoms with E-state index in [9.17, 15) is 9.59 Å². The lowest BCUT2D eigenvalue weighted by Gasteiger charge is -2.26. The van der Waals surface area contributed by atoms with Crippen molar-refractivity contribution in [1.29, 1.82) is 0 Å². The second-order valence-electron chi connectivity index (χ2n) is 8.57. The summed E-state index contributed by atoms with van der Waals surface area (Å²) >= 11 is 0. The Kier molecular flexibility index (Phi) is 5.74. The van der Waals surface area contributed by atoms with Crippen molar-refractivity contribution in [3.63, 3.8) is 0 Å². The molecule has 0 atom stereocenters. The van der Waals surface area contributed by atoms with Gasteiger partial charge in [0.25, 0.3) is 0 Å². The summed E-state index contributed by atoms with van der Waals surface area (Å²) in [6.45, 7) is 8.07. The molecule has 1 amide bonds. The van der Waals surface area contributed by atoms with Crippen LogP contribution in [0.25, 0.3) is 21.9 Å². The summed E-state index contributed by atoms with van der Waals surface area (Å²) < 4.78 is 16.4. The van der Waals surface area contributed by atoms with Crippen molar-refractivity contribution in [2.45, 2.75) is 26.8 Å². The van der Waals surface area contributed by atoms with Crippen molar-refractivity contribution < 1.29 is 18.4 Å². The lowest BCUT2D eigenvalue weighted by atomic mass is 10.0. The highest BCUT2D eigenvalue weighted by Crippen LogP contribution is 2.29. The number of rotatable bonds is 5.